The van der Waals surface area contributed by atoms with Crippen molar-refractivity contribution in [2.75, 3.05) is 13.1 Å². The van der Waals surface area contributed by atoms with Gasteiger partial charge in [0.1, 0.15) is 11.4 Å². The van der Waals surface area contributed by atoms with E-state index in [2.05, 4.69) is 10.4 Å². The van der Waals surface area contributed by atoms with Gasteiger partial charge >= 0.3 is 6.09 Å². The number of nitrogens with one attached hydrogen (secondary N) is 1. The number of aromatic nitrogens is 2. The summed E-state index contributed by atoms with van der Waals surface area (Å²) in [4.78, 5) is 27.7. The molecule has 0 spiro atoms. The highest BCUT2D eigenvalue weighted by atomic mass is 19.1. The molecule has 196 valence electrons. The zero-order valence-corrected chi connectivity index (χ0v) is 22.2. The van der Waals surface area contributed by atoms with Crippen LogP contribution < -0.4 is 5.32 Å². The largest absolute Gasteiger partial charge is 0.444 e. The van der Waals surface area contributed by atoms with Crippen molar-refractivity contribution in [3.8, 4) is 5.69 Å². The van der Waals surface area contributed by atoms with E-state index >= 15 is 0 Å². The lowest BCUT2D eigenvalue weighted by atomic mass is 9.90. The van der Waals surface area contributed by atoms with Gasteiger partial charge in [0.2, 0.25) is 0 Å². The molecule has 0 atom stereocenters. The number of halogens is 1. The summed E-state index contributed by atoms with van der Waals surface area (Å²) in [6, 6.07) is 12.1. The Morgan fingerprint density at radius 3 is 2.27 bits per heavy atom. The molecule has 1 aliphatic heterocycles. The Morgan fingerprint density at radius 1 is 1.05 bits per heavy atom. The summed E-state index contributed by atoms with van der Waals surface area (Å²) in [5.41, 5.74) is 4.71. The van der Waals surface area contributed by atoms with Crippen LogP contribution in [0, 0.1) is 19.7 Å². The zero-order chi connectivity index (χ0) is 26.7. The summed E-state index contributed by atoms with van der Waals surface area (Å²) in [5.74, 6) is -0.511. The first-order valence-corrected chi connectivity index (χ1v) is 12.7. The van der Waals surface area contributed by atoms with Crippen LogP contribution in [0.4, 0.5) is 9.18 Å². The minimum Gasteiger partial charge on any atom is -0.444 e. The number of piperidine rings is 1. The molecule has 0 bridgehead atoms. The van der Waals surface area contributed by atoms with Gasteiger partial charge in [0.05, 0.1) is 23.1 Å². The van der Waals surface area contributed by atoms with Gasteiger partial charge in [-0.05, 0) is 76.3 Å². The normalized spacial score (nSPS) is 14.5. The predicted octanol–water partition coefficient (Wildman–Crippen LogP) is 5.67. The summed E-state index contributed by atoms with van der Waals surface area (Å²) in [6.45, 7) is 11.0. The lowest BCUT2D eigenvalue weighted by Gasteiger charge is -2.34. The number of aryl methyl sites for hydroxylation is 2. The van der Waals surface area contributed by atoms with Crippen molar-refractivity contribution in [3.05, 3.63) is 82.4 Å². The summed E-state index contributed by atoms with van der Waals surface area (Å²) in [7, 11) is 0. The van der Waals surface area contributed by atoms with E-state index in [0.717, 1.165) is 28.1 Å². The molecular weight excluding hydrogens is 471 g/mol. The van der Waals surface area contributed by atoms with Gasteiger partial charge in [0, 0.05) is 25.6 Å². The molecule has 2 aromatic carbocycles. The van der Waals surface area contributed by atoms with Crippen LogP contribution in [0.2, 0.25) is 0 Å². The number of para-hydroxylation sites is 1. The molecular formula is C29H35FN4O3. The number of carbonyl (C=O) groups is 2. The Labute approximate surface area is 217 Å². The molecule has 3 aromatic rings. The fraction of sp³-hybridized carbons (Fsp3) is 0.414. The summed E-state index contributed by atoms with van der Waals surface area (Å²) >= 11 is 0. The molecule has 1 fully saturated rings. The van der Waals surface area contributed by atoms with Gasteiger partial charge in [0.25, 0.3) is 5.91 Å². The highest BCUT2D eigenvalue weighted by molar-refractivity contribution is 5.95. The van der Waals surface area contributed by atoms with E-state index in [0.29, 0.717) is 31.5 Å². The molecule has 2 heterocycles. The van der Waals surface area contributed by atoms with Gasteiger partial charge < -0.3 is 15.0 Å². The molecule has 7 nitrogen and oxygen atoms in total. The van der Waals surface area contributed by atoms with E-state index in [1.165, 1.54) is 12.1 Å². The van der Waals surface area contributed by atoms with E-state index in [4.69, 9.17) is 4.74 Å². The quantitative estimate of drug-likeness (QED) is 0.484. The molecule has 0 radical (unpaired) electrons. The maximum atomic E-state index is 13.4. The first-order valence-electron chi connectivity index (χ1n) is 12.7. The average Bonchev–Trinajstić information content (AvgIpc) is 3.27. The minimum absolute atomic E-state index is 0.0340. The molecule has 1 saturated heterocycles. The second kappa shape index (κ2) is 10.7. The molecule has 0 aliphatic carbocycles. The minimum atomic E-state index is -0.551. The molecule has 1 aromatic heterocycles. The number of likely N-dealkylation sites (tertiary alicyclic amines) is 1. The van der Waals surface area contributed by atoms with Crippen LogP contribution in [0.3, 0.4) is 0 Å². The number of carbonyl (C=O) groups excluding carboxylic acids is 2. The smallest absolute Gasteiger partial charge is 0.410 e. The van der Waals surface area contributed by atoms with Crippen LogP contribution in [-0.4, -0.2) is 45.4 Å². The second-order valence-corrected chi connectivity index (χ2v) is 10.6. The molecule has 8 heteroatoms. The van der Waals surface area contributed by atoms with Gasteiger partial charge in [-0.2, -0.15) is 5.10 Å². The molecule has 1 aliphatic rings. The van der Waals surface area contributed by atoms with Crippen LogP contribution in [0.15, 0.2) is 48.7 Å². The molecule has 37 heavy (non-hydrogen) atoms. The first kappa shape index (κ1) is 26.4. The topological polar surface area (TPSA) is 76.5 Å². The lowest BCUT2D eigenvalue weighted by Crippen LogP contribution is -2.41. The number of hydrogen-bond donors (Lipinski definition) is 1. The van der Waals surface area contributed by atoms with Crippen LogP contribution in [0.5, 0.6) is 0 Å². The summed E-state index contributed by atoms with van der Waals surface area (Å²) in [5, 5.41) is 7.64. The van der Waals surface area contributed by atoms with Gasteiger partial charge in [-0.3, -0.25) is 4.79 Å². The average molecular weight is 507 g/mol. The Bertz CT molecular complexity index is 1250. The monoisotopic (exact) mass is 506 g/mol. The molecule has 1 N–H and O–H groups in total. The highest BCUT2D eigenvalue weighted by Gasteiger charge is 2.32. The molecule has 4 rings (SSSR count). The third-order valence-electron chi connectivity index (χ3n) is 6.60. The second-order valence-electron chi connectivity index (χ2n) is 10.6. The van der Waals surface area contributed by atoms with Crippen LogP contribution >= 0.6 is 0 Å². The van der Waals surface area contributed by atoms with Crippen molar-refractivity contribution in [2.45, 2.75) is 65.5 Å². The van der Waals surface area contributed by atoms with Gasteiger partial charge in [-0.25, -0.2) is 13.9 Å². The van der Waals surface area contributed by atoms with E-state index in [-0.39, 0.29) is 30.3 Å². The van der Waals surface area contributed by atoms with Crippen LogP contribution in [0.1, 0.15) is 72.3 Å². The van der Waals surface area contributed by atoms with Crippen LogP contribution in [-0.2, 0) is 11.3 Å². The van der Waals surface area contributed by atoms with E-state index in [9.17, 15) is 14.0 Å². The first-order chi connectivity index (χ1) is 17.5. The molecule has 2 amide bonds. The number of ether oxygens (including phenoxy) is 1. The van der Waals surface area contributed by atoms with Crippen molar-refractivity contribution in [1.29, 1.82) is 0 Å². The van der Waals surface area contributed by atoms with Crippen molar-refractivity contribution < 1.29 is 18.7 Å². The Morgan fingerprint density at radius 2 is 1.68 bits per heavy atom. The maximum absolute atomic E-state index is 13.4. The van der Waals surface area contributed by atoms with Crippen molar-refractivity contribution in [1.82, 2.24) is 20.0 Å². The number of benzene rings is 2. The fourth-order valence-electron chi connectivity index (χ4n) is 4.79. The Kier molecular flexibility index (Phi) is 7.66. The van der Waals surface area contributed by atoms with Crippen LogP contribution in [0.25, 0.3) is 5.69 Å². The van der Waals surface area contributed by atoms with E-state index in [1.54, 1.807) is 23.2 Å². The third-order valence-corrected chi connectivity index (χ3v) is 6.60. The van der Waals surface area contributed by atoms with Gasteiger partial charge in [-0.15, -0.1) is 0 Å². The fourth-order valence-corrected chi connectivity index (χ4v) is 4.79. The van der Waals surface area contributed by atoms with Crippen molar-refractivity contribution in [3.63, 3.8) is 0 Å². The number of amides is 2. The number of rotatable bonds is 5. The van der Waals surface area contributed by atoms with Crippen molar-refractivity contribution >= 4 is 12.0 Å². The SMILES string of the molecule is Cc1cccc(C)c1-n1ncc(C(=O)NCc2ccc(F)cc2)c1C1CCN(C(=O)OC(C)(C)C)CC1. The third kappa shape index (κ3) is 6.18. The lowest BCUT2D eigenvalue weighted by molar-refractivity contribution is 0.0203. The molecule has 0 unspecified atom stereocenters. The number of nitrogens with zero attached hydrogens (tertiary/aromatic N) is 3. The van der Waals surface area contributed by atoms with Gasteiger partial charge in [-0.1, -0.05) is 30.3 Å². The maximum Gasteiger partial charge on any atom is 0.410 e. The van der Waals surface area contributed by atoms with Gasteiger partial charge in [0.15, 0.2) is 0 Å². The summed E-state index contributed by atoms with van der Waals surface area (Å²) < 4.78 is 20.7. The Hall–Kier alpha value is -3.68. The number of hydrogen-bond acceptors (Lipinski definition) is 4. The van der Waals surface area contributed by atoms with E-state index in [1.807, 2.05) is 57.5 Å². The molecule has 0 saturated carbocycles. The van der Waals surface area contributed by atoms with E-state index < -0.39 is 5.60 Å². The standard InChI is InChI=1S/C29H35FN4O3/c1-19-7-6-8-20(2)25(19)34-26(22-13-15-33(16-14-22)28(36)37-29(3,4)5)24(18-32-34)27(35)31-17-21-9-11-23(30)12-10-21/h6-12,18,22H,13-17H2,1-5H3,(H,31,35). The zero-order valence-electron chi connectivity index (χ0n) is 22.2. The highest BCUT2D eigenvalue weighted by Crippen LogP contribution is 2.34. The Balaban J connectivity index is 1.61. The van der Waals surface area contributed by atoms with Crippen molar-refractivity contribution in [2.24, 2.45) is 0 Å². The summed E-state index contributed by atoms with van der Waals surface area (Å²) in [6.07, 6.45) is 2.69. The predicted molar refractivity (Wildman–Crippen MR) is 140 cm³/mol.